The molecule has 0 aromatic heterocycles. The minimum absolute atomic E-state index is 0.0259. The van der Waals surface area contributed by atoms with Crippen molar-refractivity contribution in [3.63, 3.8) is 0 Å². The molecule has 0 heterocycles. The number of phenolic OH excluding ortho intramolecular Hbond substituents is 1. The summed E-state index contributed by atoms with van der Waals surface area (Å²) < 4.78 is 5.05. The summed E-state index contributed by atoms with van der Waals surface area (Å²) in [5.41, 5.74) is -0.286. The quantitative estimate of drug-likeness (QED) is 0.664. The third kappa shape index (κ3) is 6.09. The number of aliphatic hydroxyl groups is 2. The van der Waals surface area contributed by atoms with Gasteiger partial charge in [-0.3, -0.25) is 0 Å². The van der Waals surface area contributed by atoms with Crippen molar-refractivity contribution in [2.45, 2.75) is 45.0 Å². The molecular formula is C15H22ClNO5. The first-order chi connectivity index (χ1) is 10.1. The number of benzene rings is 1. The van der Waals surface area contributed by atoms with E-state index in [1.807, 2.05) is 0 Å². The summed E-state index contributed by atoms with van der Waals surface area (Å²) >= 11 is 5.90. The van der Waals surface area contributed by atoms with Crippen LogP contribution in [0.15, 0.2) is 18.2 Å². The Morgan fingerprint density at radius 2 is 2.00 bits per heavy atom. The molecule has 2 atom stereocenters. The molecule has 1 aromatic rings. The Balaban J connectivity index is 2.48. The van der Waals surface area contributed by atoms with Crippen molar-refractivity contribution in [3.05, 3.63) is 28.8 Å². The van der Waals surface area contributed by atoms with E-state index in [-0.39, 0.29) is 23.7 Å². The van der Waals surface area contributed by atoms with Gasteiger partial charge in [-0.1, -0.05) is 17.7 Å². The van der Waals surface area contributed by atoms with Gasteiger partial charge >= 0.3 is 6.09 Å². The number of carbonyl (C=O) groups excluding carboxylic acids is 1. The summed E-state index contributed by atoms with van der Waals surface area (Å²) in [5, 5.41) is 31.9. The number of phenols is 1. The number of rotatable bonds is 5. The Morgan fingerprint density at radius 1 is 1.36 bits per heavy atom. The summed E-state index contributed by atoms with van der Waals surface area (Å²) in [6.07, 6.45) is -2.79. The number of carbonyl (C=O) groups is 1. The van der Waals surface area contributed by atoms with E-state index in [0.29, 0.717) is 5.56 Å². The smallest absolute Gasteiger partial charge is 0.407 e. The predicted molar refractivity (Wildman–Crippen MR) is 82.9 cm³/mol. The van der Waals surface area contributed by atoms with Crippen molar-refractivity contribution in [2.24, 2.45) is 0 Å². The first-order valence-electron chi connectivity index (χ1n) is 6.91. The molecule has 7 heteroatoms. The van der Waals surface area contributed by atoms with Gasteiger partial charge < -0.3 is 25.4 Å². The monoisotopic (exact) mass is 331 g/mol. The Kier molecular flexibility index (Phi) is 6.47. The molecule has 0 aliphatic carbocycles. The highest BCUT2D eigenvalue weighted by atomic mass is 35.5. The fraction of sp³-hybridized carbons (Fsp3) is 0.533. The van der Waals surface area contributed by atoms with Crippen LogP contribution in [0.1, 0.15) is 38.9 Å². The number of alkyl carbamates (subject to hydrolysis) is 1. The molecule has 0 aliphatic heterocycles. The van der Waals surface area contributed by atoms with Crippen LogP contribution < -0.4 is 5.32 Å². The van der Waals surface area contributed by atoms with Crippen LogP contribution in [0, 0.1) is 0 Å². The van der Waals surface area contributed by atoms with E-state index in [4.69, 9.17) is 16.3 Å². The Hall–Kier alpha value is -1.50. The van der Waals surface area contributed by atoms with Gasteiger partial charge in [0.15, 0.2) is 0 Å². The standard InChI is InChI=1S/C15H22ClNO5/c1-15(2,3)22-14(21)17-7-6-12(19)13(20)10-5-4-9(18)8-11(10)16/h4-5,8,12-13,18-20H,6-7H2,1-3H3,(H,17,21). The number of halogens is 1. The Bertz CT molecular complexity index is 515. The summed E-state index contributed by atoms with van der Waals surface area (Å²) in [6, 6.07) is 4.09. The highest BCUT2D eigenvalue weighted by molar-refractivity contribution is 6.31. The fourth-order valence-electron chi connectivity index (χ4n) is 1.76. The summed E-state index contributed by atoms with van der Waals surface area (Å²) in [6.45, 7) is 5.39. The Morgan fingerprint density at radius 3 is 2.55 bits per heavy atom. The molecular weight excluding hydrogens is 310 g/mol. The van der Waals surface area contributed by atoms with E-state index in [1.54, 1.807) is 20.8 Å². The van der Waals surface area contributed by atoms with E-state index >= 15 is 0 Å². The highest BCUT2D eigenvalue weighted by Crippen LogP contribution is 2.29. The predicted octanol–water partition coefficient (Wildman–Crippen LogP) is 2.35. The van der Waals surface area contributed by atoms with Gasteiger partial charge in [0.05, 0.1) is 11.1 Å². The van der Waals surface area contributed by atoms with Gasteiger partial charge in [0, 0.05) is 12.1 Å². The molecule has 1 aromatic carbocycles. The lowest BCUT2D eigenvalue weighted by Crippen LogP contribution is -2.34. The minimum atomic E-state index is -1.21. The van der Waals surface area contributed by atoms with Crippen LogP contribution >= 0.6 is 11.6 Å². The second-order valence-corrected chi connectivity index (χ2v) is 6.34. The summed E-state index contributed by atoms with van der Waals surface area (Å²) in [5.74, 6) is -0.0259. The number of hydrogen-bond acceptors (Lipinski definition) is 5. The van der Waals surface area contributed by atoms with E-state index in [0.717, 1.165) is 0 Å². The number of amides is 1. The highest BCUT2D eigenvalue weighted by Gasteiger charge is 2.22. The number of hydrogen-bond donors (Lipinski definition) is 4. The average molecular weight is 332 g/mol. The zero-order valence-corrected chi connectivity index (χ0v) is 13.6. The maximum absolute atomic E-state index is 11.4. The summed E-state index contributed by atoms with van der Waals surface area (Å²) in [4.78, 5) is 11.4. The molecule has 0 aliphatic rings. The molecule has 2 unspecified atom stereocenters. The van der Waals surface area contributed by atoms with Crippen LogP contribution in [0.2, 0.25) is 5.02 Å². The van der Waals surface area contributed by atoms with E-state index in [9.17, 15) is 20.1 Å². The zero-order valence-electron chi connectivity index (χ0n) is 12.8. The van der Waals surface area contributed by atoms with Gasteiger partial charge in [0.25, 0.3) is 0 Å². The average Bonchev–Trinajstić information content (AvgIpc) is 2.35. The van der Waals surface area contributed by atoms with Crippen molar-refractivity contribution < 1.29 is 24.9 Å². The lowest BCUT2D eigenvalue weighted by molar-refractivity contribution is 0.0123. The fourth-order valence-corrected chi connectivity index (χ4v) is 2.04. The molecule has 0 fully saturated rings. The van der Waals surface area contributed by atoms with Crippen molar-refractivity contribution in [3.8, 4) is 5.75 Å². The van der Waals surface area contributed by atoms with Crippen LogP contribution in [0.5, 0.6) is 5.75 Å². The molecule has 0 radical (unpaired) electrons. The van der Waals surface area contributed by atoms with E-state index < -0.39 is 23.9 Å². The van der Waals surface area contributed by atoms with Crippen LogP contribution in [0.3, 0.4) is 0 Å². The normalized spacial score (nSPS) is 14.3. The van der Waals surface area contributed by atoms with Crippen LogP contribution in [-0.4, -0.2) is 39.7 Å². The van der Waals surface area contributed by atoms with Crippen LogP contribution in [0.4, 0.5) is 4.79 Å². The van der Waals surface area contributed by atoms with E-state index in [2.05, 4.69) is 5.32 Å². The molecule has 1 rings (SSSR count). The molecule has 124 valence electrons. The number of aromatic hydroxyl groups is 1. The maximum atomic E-state index is 11.4. The molecule has 0 saturated carbocycles. The number of nitrogens with one attached hydrogen (secondary N) is 1. The van der Waals surface area contributed by atoms with Gasteiger partial charge in [-0.2, -0.15) is 0 Å². The number of ether oxygens (including phenoxy) is 1. The molecule has 6 nitrogen and oxygen atoms in total. The molecule has 4 N–H and O–H groups in total. The van der Waals surface area contributed by atoms with Gasteiger partial charge in [0.2, 0.25) is 0 Å². The Labute approximate surface area is 134 Å². The summed E-state index contributed by atoms with van der Waals surface area (Å²) in [7, 11) is 0. The van der Waals surface area contributed by atoms with Gasteiger partial charge in [-0.05, 0) is 39.3 Å². The van der Waals surface area contributed by atoms with Crippen molar-refractivity contribution in [1.29, 1.82) is 0 Å². The number of aliphatic hydroxyl groups excluding tert-OH is 2. The van der Waals surface area contributed by atoms with E-state index in [1.165, 1.54) is 18.2 Å². The lowest BCUT2D eigenvalue weighted by atomic mass is 10.0. The van der Waals surface area contributed by atoms with Crippen LogP contribution in [-0.2, 0) is 4.74 Å². The first kappa shape index (κ1) is 18.5. The second kappa shape index (κ2) is 7.67. The molecule has 0 bridgehead atoms. The van der Waals surface area contributed by atoms with Crippen LogP contribution in [0.25, 0.3) is 0 Å². The molecule has 0 saturated heterocycles. The lowest BCUT2D eigenvalue weighted by Gasteiger charge is -2.21. The van der Waals surface area contributed by atoms with Crippen molar-refractivity contribution in [1.82, 2.24) is 5.32 Å². The third-order valence-electron chi connectivity index (χ3n) is 2.78. The van der Waals surface area contributed by atoms with Crippen molar-refractivity contribution in [2.75, 3.05) is 6.54 Å². The largest absolute Gasteiger partial charge is 0.508 e. The zero-order chi connectivity index (χ0) is 16.9. The molecule has 0 spiro atoms. The van der Waals surface area contributed by atoms with Gasteiger partial charge in [-0.15, -0.1) is 0 Å². The van der Waals surface area contributed by atoms with Crippen molar-refractivity contribution >= 4 is 17.7 Å². The topological polar surface area (TPSA) is 99.0 Å². The van der Waals surface area contributed by atoms with Gasteiger partial charge in [0.1, 0.15) is 17.5 Å². The second-order valence-electron chi connectivity index (χ2n) is 5.94. The molecule has 22 heavy (non-hydrogen) atoms. The SMILES string of the molecule is CC(C)(C)OC(=O)NCCC(O)C(O)c1ccc(O)cc1Cl. The molecule has 1 amide bonds. The minimum Gasteiger partial charge on any atom is -0.508 e. The maximum Gasteiger partial charge on any atom is 0.407 e. The first-order valence-corrected chi connectivity index (χ1v) is 7.29. The van der Waals surface area contributed by atoms with Gasteiger partial charge in [-0.25, -0.2) is 4.79 Å². The third-order valence-corrected chi connectivity index (χ3v) is 3.10.